The van der Waals surface area contributed by atoms with E-state index in [0.717, 1.165) is 18.3 Å². The molecule has 2 aromatic heterocycles. The average molecular weight is 401 g/mol. The monoisotopic (exact) mass is 401 g/mol. The van der Waals surface area contributed by atoms with Crippen LogP contribution in [0.15, 0.2) is 35.5 Å². The molecule has 0 aliphatic carbocycles. The number of rotatable bonds is 6. The first kappa shape index (κ1) is 19.5. The molecular formula is C20H24FN5O3. The standard InChI is InChI=1S/C20H24FN5O3/c1-2-29-11-18(27)23-8-17-14-6-13(16-4-3-5-19(28)26(16)17)9-25(10-14)20-15(21)7-22-12-24-20/h3-5,7,12-14,17H,2,6,8-11H2,1H3,(H,23,27)/t13-,14+,17+/m1/s1. The number of carbonyl (C=O) groups excluding carboxylic acids is 1. The molecule has 3 atom stereocenters. The van der Waals surface area contributed by atoms with Crippen molar-refractivity contribution in [3.05, 3.63) is 52.6 Å². The van der Waals surface area contributed by atoms with Crippen LogP contribution < -0.4 is 15.8 Å². The van der Waals surface area contributed by atoms with Crippen LogP contribution >= 0.6 is 0 Å². The van der Waals surface area contributed by atoms with E-state index in [2.05, 4.69) is 15.3 Å². The highest BCUT2D eigenvalue weighted by Gasteiger charge is 2.41. The Bertz CT molecular complexity index is 950. The van der Waals surface area contributed by atoms with Crippen molar-refractivity contribution in [2.75, 3.05) is 37.7 Å². The van der Waals surface area contributed by atoms with Gasteiger partial charge in [0.2, 0.25) is 5.91 Å². The summed E-state index contributed by atoms with van der Waals surface area (Å²) in [4.78, 5) is 34.5. The number of amides is 1. The molecule has 1 saturated heterocycles. The fourth-order valence-electron chi connectivity index (χ4n) is 4.48. The number of aromatic nitrogens is 3. The molecule has 4 rings (SSSR count). The number of ether oxygens (including phenoxy) is 1. The maximum absolute atomic E-state index is 14.3. The Morgan fingerprint density at radius 2 is 2.24 bits per heavy atom. The van der Waals surface area contributed by atoms with Gasteiger partial charge < -0.3 is 19.5 Å². The number of halogens is 1. The second-order valence-electron chi connectivity index (χ2n) is 7.46. The van der Waals surface area contributed by atoms with Crippen molar-refractivity contribution in [3.63, 3.8) is 0 Å². The summed E-state index contributed by atoms with van der Waals surface area (Å²) in [5.74, 6) is -0.232. The molecule has 0 radical (unpaired) electrons. The van der Waals surface area contributed by atoms with Crippen molar-refractivity contribution < 1.29 is 13.9 Å². The molecular weight excluding hydrogens is 377 g/mol. The summed E-state index contributed by atoms with van der Waals surface area (Å²) in [6, 6.07) is 5.02. The lowest BCUT2D eigenvalue weighted by atomic mass is 9.78. The minimum Gasteiger partial charge on any atom is -0.372 e. The first-order valence-electron chi connectivity index (χ1n) is 9.84. The van der Waals surface area contributed by atoms with Gasteiger partial charge in [0.05, 0.1) is 12.2 Å². The fourth-order valence-corrected chi connectivity index (χ4v) is 4.48. The summed E-state index contributed by atoms with van der Waals surface area (Å²) >= 11 is 0. The molecule has 2 aromatic rings. The molecule has 1 fully saturated rings. The van der Waals surface area contributed by atoms with E-state index in [-0.39, 0.29) is 41.8 Å². The molecule has 0 spiro atoms. The van der Waals surface area contributed by atoms with E-state index in [9.17, 15) is 14.0 Å². The average Bonchev–Trinajstić information content (AvgIpc) is 2.72. The number of hydrogen-bond acceptors (Lipinski definition) is 6. The maximum Gasteiger partial charge on any atom is 0.251 e. The largest absolute Gasteiger partial charge is 0.372 e. The smallest absolute Gasteiger partial charge is 0.251 e. The minimum absolute atomic E-state index is 0.00860. The highest BCUT2D eigenvalue weighted by atomic mass is 19.1. The number of fused-ring (bicyclic) bond motifs is 4. The first-order chi connectivity index (χ1) is 14.1. The number of nitrogens with zero attached hydrogens (tertiary/aromatic N) is 4. The van der Waals surface area contributed by atoms with E-state index < -0.39 is 5.82 Å². The zero-order valence-electron chi connectivity index (χ0n) is 16.3. The molecule has 0 unspecified atom stereocenters. The van der Waals surface area contributed by atoms with Gasteiger partial charge in [0.25, 0.3) is 5.56 Å². The minimum atomic E-state index is -0.459. The molecule has 154 valence electrons. The van der Waals surface area contributed by atoms with Gasteiger partial charge in [-0.15, -0.1) is 0 Å². The third-order valence-corrected chi connectivity index (χ3v) is 5.69. The number of anilines is 1. The molecule has 2 aliphatic rings. The van der Waals surface area contributed by atoms with Crippen LogP contribution in [0.5, 0.6) is 0 Å². The lowest BCUT2D eigenvalue weighted by molar-refractivity contribution is -0.125. The molecule has 0 saturated carbocycles. The van der Waals surface area contributed by atoms with Crippen molar-refractivity contribution in [1.29, 1.82) is 0 Å². The van der Waals surface area contributed by atoms with E-state index >= 15 is 0 Å². The van der Waals surface area contributed by atoms with Gasteiger partial charge in [-0.05, 0) is 25.3 Å². The van der Waals surface area contributed by atoms with Gasteiger partial charge in [0.15, 0.2) is 11.6 Å². The van der Waals surface area contributed by atoms with E-state index in [0.29, 0.717) is 26.2 Å². The lowest BCUT2D eigenvalue weighted by Gasteiger charge is -2.47. The van der Waals surface area contributed by atoms with Crippen LogP contribution in [0.25, 0.3) is 0 Å². The van der Waals surface area contributed by atoms with Crippen LogP contribution in [0.1, 0.15) is 31.0 Å². The zero-order valence-corrected chi connectivity index (χ0v) is 16.3. The van der Waals surface area contributed by atoms with Gasteiger partial charge in [-0.25, -0.2) is 14.4 Å². The van der Waals surface area contributed by atoms with Crippen molar-refractivity contribution in [2.45, 2.75) is 25.3 Å². The summed E-state index contributed by atoms with van der Waals surface area (Å²) in [5.41, 5.74) is 0.833. The van der Waals surface area contributed by atoms with Crippen molar-refractivity contribution in [3.8, 4) is 0 Å². The Kier molecular flexibility index (Phi) is 5.57. The predicted octanol–water partition coefficient (Wildman–Crippen LogP) is 1.09. The second kappa shape index (κ2) is 8.28. The maximum atomic E-state index is 14.3. The normalized spacial score (nSPS) is 22.8. The number of carbonyl (C=O) groups is 1. The molecule has 1 amide bonds. The third kappa shape index (κ3) is 3.87. The van der Waals surface area contributed by atoms with Gasteiger partial charge in [-0.3, -0.25) is 9.59 Å². The summed E-state index contributed by atoms with van der Waals surface area (Å²) in [7, 11) is 0. The van der Waals surface area contributed by atoms with Crippen molar-refractivity contribution >= 4 is 11.7 Å². The Morgan fingerprint density at radius 3 is 3.03 bits per heavy atom. The van der Waals surface area contributed by atoms with Crippen LogP contribution in [0, 0.1) is 11.7 Å². The van der Waals surface area contributed by atoms with Gasteiger partial charge in [0, 0.05) is 43.9 Å². The molecule has 2 bridgehead atoms. The quantitative estimate of drug-likeness (QED) is 0.780. The summed E-state index contributed by atoms with van der Waals surface area (Å²) < 4.78 is 21.2. The van der Waals surface area contributed by atoms with Gasteiger partial charge >= 0.3 is 0 Å². The van der Waals surface area contributed by atoms with Gasteiger partial charge in [0.1, 0.15) is 12.9 Å². The second-order valence-corrected chi connectivity index (χ2v) is 7.46. The number of nitrogens with one attached hydrogen (secondary N) is 1. The van der Waals surface area contributed by atoms with E-state index in [4.69, 9.17) is 4.74 Å². The number of hydrogen-bond donors (Lipinski definition) is 1. The molecule has 2 aliphatic heterocycles. The Morgan fingerprint density at radius 1 is 1.38 bits per heavy atom. The van der Waals surface area contributed by atoms with E-state index in [1.54, 1.807) is 16.7 Å². The highest BCUT2D eigenvalue weighted by molar-refractivity contribution is 5.77. The summed E-state index contributed by atoms with van der Waals surface area (Å²) in [6.45, 7) is 3.73. The van der Waals surface area contributed by atoms with Crippen molar-refractivity contribution in [1.82, 2.24) is 19.9 Å². The molecule has 29 heavy (non-hydrogen) atoms. The third-order valence-electron chi connectivity index (χ3n) is 5.69. The van der Waals surface area contributed by atoms with Crippen LogP contribution in [0.2, 0.25) is 0 Å². The Labute approximate surface area is 167 Å². The van der Waals surface area contributed by atoms with Crippen LogP contribution in [0.3, 0.4) is 0 Å². The predicted molar refractivity (Wildman–Crippen MR) is 104 cm³/mol. The lowest BCUT2D eigenvalue weighted by Crippen LogP contribution is -2.52. The van der Waals surface area contributed by atoms with E-state index in [1.165, 1.54) is 6.33 Å². The molecule has 0 aromatic carbocycles. The van der Waals surface area contributed by atoms with E-state index in [1.807, 2.05) is 17.9 Å². The van der Waals surface area contributed by atoms with Crippen LogP contribution in [0.4, 0.5) is 10.2 Å². The fraction of sp³-hybridized carbons (Fsp3) is 0.500. The topological polar surface area (TPSA) is 89.3 Å². The Balaban J connectivity index is 1.63. The molecule has 9 heteroatoms. The Hall–Kier alpha value is -2.81. The zero-order chi connectivity index (χ0) is 20.4. The number of piperidine rings is 1. The number of pyridine rings is 1. The summed E-state index contributed by atoms with van der Waals surface area (Å²) in [6.07, 6.45) is 3.38. The summed E-state index contributed by atoms with van der Waals surface area (Å²) in [5, 5.41) is 2.88. The SMILES string of the molecule is CCOCC(=O)NC[C@H]1[C@H]2C[C@H](CN(c3ncncc3F)C2)c2cccc(=O)n21. The van der Waals surface area contributed by atoms with Gasteiger partial charge in [-0.1, -0.05) is 6.07 Å². The van der Waals surface area contributed by atoms with Crippen LogP contribution in [-0.2, 0) is 9.53 Å². The van der Waals surface area contributed by atoms with Crippen LogP contribution in [-0.4, -0.2) is 53.3 Å². The molecule has 1 N–H and O–H groups in total. The first-order valence-corrected chi connectivity index (χ1v) is 9.84. The molecule has 8 nitrogen and oxygen atoms in total. The molecule has 4 heterocycles. The van der Waals surface area contributed by atoms with Crippen molar-refractivity contribution in [2.24, 2.45) is 5.92 Å². The van der Waals surface area contributed by atoms with Gasteiger partial charge in [-0.2, -0.15) is 0 Å². The highest BCUT2D eigenvalue weighted by Crippen LogP contribution is 2.41.